The van der Waals surface area contributed by atoms with E-state index in [1.807, 2.05) is 114 Å². The fourth-order valence-corrected chi connectivity index (χ4v) is 6.31. The van der Waals surface area contributed by atoms with Crippen LogP contribution in [-0.2, 0) is 33.8 Å². The minimum absolute atomic E-state index is 0.0486. The summed E-state index contributed by atoms with van der Waals surface area (Å²) in [5.74, 6) is 0. The molecular weight excluding hydrogens is 570 g/mol. The van der Waals surface area contributed by atoms with E-state index in [9.17, 15) is 14.4 Å². The van der Waals surface area contributed by atoms with E-state index in [4.69, 9.17) is 14.2 Å². The van der Waals surface area contributed by atoms with Gasteiger partial charge in [0.1, 0.15) is 16.8 Å². The molecule has 6 atom stereocenters. The maximum absolute atomic E-state index is 14.2. The lowest BCUT2D eigenvalue weighted by molar-refractivity contribution is 0.229. The van der Waals surface area contributed by atoms with Crippen LogP contribution < -0.4 is 17.1 Å². The van der Waals surface area contributed by atoms with Gasteiger partial charge in [0, 0.05) is 0 Å². The van der Waals surface area contributed by atoms with Crippen LogP contribution >= 0.6 is 0 Å². The Hall–Kier alpha value is -3.27. The van der Waals surface area contributed by atoms with E-state index in [0.29, 0.717) is 38.5 Å². The van der Waals surface area contributed by atoms with Gasteiger partial charge < -0.3 is 14.2 Å². The zero-order valence-electron chi connectivity index (χ0n) is 27.8. The molecule has 3 aliphatic rings. The molecule has 9 heteroatoms. The Morgan fingerprint density at radius 2 is 0.711 bits per heavy atom. The van der Waals surface area contributed by atoms with Crippen LogP contribution in [0.5, 0.6) is 0 Å². The quantitative estimate of drug-likeness (QED) is 0.161. The minimum Gasteiger partial charge on any atom is -0.363 e. The molecule has 3 aliphatic heterocycles. The number of allylic oxidation sites excluding steroid dienone is 6. The molecule has 0 saturated carbocycles. The van der Waals surface area contributed by atoms with E-state index in [1.54, 1.807) is 0 Å². The number of aromatic nitrogens is 3. The highest BCUT2D eigenvalue weighted by Crippen LogP contribution is 2.46. The van der Waals surface area contributed by atoms with Gasteiger partial charge in [0.2, 0.25) is 0 Å². The summed E-state index contributed by atoms with van der Waals surface area (Å²) in [5, 5.41) is 0. The van der Waals surface area contributed by atoms with Crippen molar-refractivity contribution in [2.45, 2.75) is 135 Å². The van der Waals surface area contributed by atoms with Crippen LogP contribution in [0.25, 0.3) is 0 Å². The lowest BCUT2D eigenvalue weighted by atomic mass is 9.97. The van der Waals surface area contributed by atoms with E-state index in [-0.39, 0.29) is 37.9 Å². The van der Waals surface area contributed by atoms with Crippen molar-refractivity contribution in [3.8, 4) is 0 Å². The Kier molecular flexibility index (Phi) is 11.4. The second kappa shape index (κ2) is 14.9. The molecule has 0 bridgehead atoms. The molecule has 0 N–H and O–H groups in total. The summed E-state index contributed by atoms with van der Waals surface area (Å²) < 4.78 is 22.2. The third-order valence-electron chi connectivity index (χ3n) is 9.24. The van der Waals surface area contributed by atoms with Crippen LogP contribution in [0.15, 0.2) is 87.3 Å². The summed E-state index contributed by atoms with van der Waals surface area (Å²) in [4.78, 5) is 42.6. The largest absolute Gasteiger partial charge is 0.363 e. The summed E-state index contributed by atoms with van der Waals surface area (Å²) in [6.07, 6.45) is 27.1. The maximum atomic E-state index is 14.2. The summed E-state index contributed by atoms with van der Waals surface area (Å²) in [5.41, 5.74) is -4.04. The highest BCUT2D eigenvalue weighted by molar-refractivity contribution is 5.13. The fourth-order valence-electron chi connectivity index (χ4n) is 6.31. The molecule has 0 aromatic carbocycles. The predicted molar refractivity (Wildman–Crippen MR) is 179 cm³/mol. The van der Waals surface area contributed by atoms with Crippen LogP contribution in [0, 0.1) is 0 Å². The smallest absolute Gasteiger partial charge is 0.336 e. The molecule has 9 nitrogen and oxygen atoms in total. The molecule has 1 aromatic rings. The standard InChI is InChI=1S/C36H51N3O6/c1-7-13-19-28-34(43-28,22-16-10-4)25-37-31(40)38(26-35(23-17-11-5)29(44-35)20-14-8-2)33(42)39(32(37)41)27-36(24-18-12-6)30(45-36)21-15-9-3/h7-18,28-30H,19-27H2,1-6H3/b13-7+,14-8+,15-9+,16-10+,17-11+,18-12+. The van der Waals surface area contributed by atoms with Crippen LogP contribution in [0.4, 0.5) is 0 Å². The van der Waals surface area contributed by atoms with Gasteiger partial charge in [-0.1, -0.05) is 72.9 Å². The van der Waals surface area contributed by atoms with Crippen LogP contribution in [0.1, 0.15) is 80.1 Å². The molecule has 0 radical (unpaired) electrons. The van der Waals surface area contributed by atoms with Crippen molar-refractivity contribution < 1.29 is 14.2 Å². The first-order valence-corrected chi connectivity index (χ1v) is 16.3. The zero-order valence-corrected chi connectivity index (χ0v) is 27.8. The Labute approximate surface area is 266 Å². The van der Waals surface area contributed by atoms with E-state index in [2.05, 4.69) is 0 Å². The molecule has 4 rings (SSSR count). The summed E-state index contributed by atoms with van der Waals surface area (Å²) in [6.45, 7) is 11.8. The Balaban J connectivity index is 1.82. The first kappa shape index (κ1) is 34.6. The van der Waals surface area contributed by atoms with E-state index in [0.717, 1.165) is 0 Å². The third-order valence-corrected chi connectivity index (χ3v) is 9.24. The van der Waals surface area contributed by atoms with Gasteiger partial charge in [-0.3, -0.25) is 0 Å². The summed E-state index contributed by atoms with van der Waals surface area (Å²) in [7, 11) is 0. The maximum Gasteiger partial charge on any atom is 0.336 e. The summed E-state index contributed by atoms with van der Waals surface area (Å²) >= 11 is 0. The SMILES string of the molecule is C/C=C/CC1OC1(C/C=C/C)Cn1c(=O)n(CC2(C/C=C/C)OC2C/C=C/C)c(=O)n(CC2(C/C=C/C)OC2C/C=C/C)c1=O. The van der Waals surface area contributed by atoms with Gasteiger partial charge in [-0.15, -0.1) is 0 Å². The van der Waals surface area contributed by atoms with Gasteiger partial charge in [-0.05, 0) is 80.1 Å². The molecule has 4 heterocycles. The lowest BCUT2D eigenvalue weighted by Crippen LogP contribution is -2.58. The molecule has 1 aromatic heterocycles. The van der Waals surface area contributed by atoms with Crippen molar-refractivity contribution in [1.29, 1.82) is 0 Å². The van der Waals surface area contributed by atoms with Crippen LogP contribution in [0.2, 0.25) is 0 Å². The molecular formula is C36H51N3O6. The minimum atomic E-state index is -0.713. The second-order valence-corrected chi connectivity index (χ2v) is 12.4. The van der Waals surface area contributed by atoms with Crippen molar-refractivity contribution >= 4 is 0 Å². The van der Waals surface area contributed by atoms with Gasteiger partial charge in [0.25, 0.3) is 0 Å². The van der Waals surface area contributed by atoms with E-state index >= 15 is 0 Å². The molecule has 0 spiro atoms. The van der Waals surface area contributed by atoms with Crippen molar-refractivity contribution in [2.75, 3.05) is 0 Å². The number of nitrogens with zero attached hydrogens (tertiary/aromatic N) is 3. The zero-order chi connectivity index (χ0) is 32.7. The molecule has 0 amide bonds. The molecule has 3 fully saturated rings. The van der Waals surface area contributed by atoms with Crippen molar-refractivity contribution in [1.82, 2.24) is 13.7 Å². The first-order chi connectivity index (χ1) is 21.7. The number of rotatable bonds is 18. The molecule has 3 saturated heterocycles. The second-order valence-electron chi connectivity index (χ2n) is 12.4. The molecule has 45 heavy (non-hydrogen) atoms. The van der Waals surface area contributed by atoms with Gasteiger partial charge >= 0.3 is 17.1 Å². The van der Waals surface area contributed by atoms with Gasteiger partial charge in [0.15, 0.2) is 0 Å². The average molecular weight is 622 g/mol. The van der Waals surface area contributed by atoms with Gasteiger partial charge in [-0.2, -0.15) is 0 Å². The van der Waals surface area contributed by atoms with Crippen molar-refractivity contribution in [2.24, 2.45) is 0 Å². The van der Waals surface area contributed by atoms with Crippen molar-refractivity contribution in [3.05, 3.63) is 104 Å². The molecule has 246 valence electrons. The van der Waals surface area contributed by atoms with E-state index < -0.39 is 33.9 Å². The Bertz CT molecular complexity index is 1330. The normalized spacial score (nSPS) is 31.2. The van der Waals surface area contributed by atoms with E-state index in [1.165, 1.54) is 13.7 Å². The molecule has 6 unspecified atom stereocenters. The number of hydrogen-bond donors (Lipinski definition) is 0. The van der Waals surface area contributed by atoms with Crippen LogP contribution in [-0.4, -0.2) is 48.8 Å². The highest BCUT2D eigenvalue weighted by Gasteiger charge is 2.58. The predicted octanol–water partition coefficient (Wildman–Crippen LogP) is 5.38. The number of hydrogen-bond acceptors (Lipinski definition) is 6. The third kappa shape index (κ3) is 7.59. The Morgan fingerprint density at radius 3 is 0.933 bits per heavy atom. The lowest BCUT2D eigenvalue weighted by Gasteiger charge is -2.20. The summed E-state index contributed by atoms with van der Waals surface area (Å²) in [6, 6.07) is 0. The topological polar surface area (TPSA) is 104 Å². The molecule has 0 aliphatic carbocycles. The van der Waals surface area contributed by atoms with Crippen molar-refractivity contribution in [3.63, 3.8) is 0 Å². The first-order valence-electron chi connectivity index (χ1n) is 16.3. The van der Waals surface area contributed by atoms with Crippen LogP contribution in [0.3, 0.4) is 0 Å². The van der Waals surface area contributed by atoms with Gasteiger partial charge in [0.05, 0.1) is 37.9 Å². The number of ether oxygens (including phenoxy) is 3. The van der Waals surface area contributed by atoms with Gasteiger partial charge in [-0.25, -0.2) is 28.1 Å². The monoisotopic (exact) mass is 621 g/mol. The number of epoxide rings is 3. The highest BCUT2D eigenvalue weighted by atomic mass is 16.6. The fraction of sp³-hybridized carbons (Fsp3) is 0.583. The average Bonchev–Trinajstić information content (AvgIpc) is 3.99. The Morgan fingerprint density at radius 1 is 0.467 bits per heavy atom.